The normalized spacial score (nSPS) is 17.0. The molecular weight excluding hydrogens is 302 g/mol. The molecule has 1 aliphatic heterocycles. The third kappa shape index (κ3) is 3.09. The molecule has 4 heteroatoms. The summed E-state index contributed by atoms with van der Waals surface area (Å²) in [5.74, 6) is 1.65. The summed E-state index contributed by atoms with van der Waals surface area (Å²) in [6.07, 6.45) is 1.92. The zero-order valence-corrected chi connectivity index (χ0v) is 14.4. The molecule has 0 radical (unpaired) electrons. The summed E-state index contributed by atoms with van der Waals surface area (Å²) in [7, 11) is 3.31. The van der Waals surface area contributed by atoms with Crippen LogP contribution in [0.25, 0.3) is 0 Å². The highest BCUT2D eigenvalue weighted by Crippen LogP contribution is 2.39. The van der Waals surface area contributed by atoms with Crippen molar-refractivity contribution in [1.82, 2.24) is 4.90 Å². The molecule has 0 saturated carbocycles. The van der Waals surface area contributed by atoms with Gasteiger partial charge in [-0.05, 0) is 50.1 Å². The summed E-state index contributed by atoms with van der Waals surface area (Å²) < 4.78 is 10.9. The molecular formula is C20H23NO3. The minimum atomic E-state index is 0.0167. The fourth-order valence-electron chi connectivity index (χ4n) is 3.38. The van der Waals surface area contributed by atoms with Crippen LogP contribution in [-0.4, -0.2) is 31.6 Å². The molecule has 0 aliphatic carbocycles. The topological polar surface area (TPSA) is 38.8 Å². The number of nitrogens with zero attached hydrogens (tertiary/aromatic N) is 1. The first-order valence-electron chi connectivity index (χ1n) is 8.23. The highest BCUT2D eigenvalue weighted by Gasteiger charge is 2.32. The maximum atomic E-state index is 13.0. The van der Waals surface area contributed by atoms with Crippen molar-refractivity contribution in [1.29, 1.82) is 0 Å². The predicted octanol–water partition coefficient (Wildman–Crippen LogP) is 3.99. The number of hydrogen-bond donors (Lipinski definition) is 0. The Hall–Kier alpha value is -2.49. The molecule has 1 saturated heterocycles. The Morgan fingerprint density at radius 1 is 1.12 bits per heavy atom. The third-order valence-electron chi connectivity index (χ3n) is 4.57. The van der Waals surface area contributed by atoms with Gasteiger partial charge in [-0.2, -0.15) is 0 Å². The van der Waals surface area contributed by atoms with E-state index in [-0.39, 0.29) is 11.9 Å². The molecule has 126 valence electrons. The second kappa shape index (κ2) is 6.95. The van der Waals surface area contributed by atoms with E-state index in [1.54, 1.807) is 14.2 Å². The molecule has 1 amide bonds. The molecule has 0 aromatic heterocycles. The van der Waals surface area contributed by atoms with Crippen LogP contribution in [-0.2, 0) is 0 Å². The van der Waals surface area contributed by atoms with E-state index in [1.807, 2.05) is 54.3 Å². The van der Waals surface area contributed by atoms with Gasteiger partial charge in [-0.3, -0.25) is 4.79 Å². The van der Waals surface area contributed by atoms with Gasteiger partial charge in [-0.15, -0.1) is 0 Å². The van der Waals surface area contributed by atoms with Gasteiger partial charge in [0.25, 0.3) is 5.91 Å². The molecule has 1 heterocycles. The first kappa shape index (κ1) is 16.4. The summed E-state index contributed by atoms with van der Waals surface area (Å²) >= 11 is 0. The second-order valence-electron chi connectivity index (χ2n) is 6.13. The molecule has 2 aromatic carbocycles. The van der Waals surface area contributed by atoms with Gasteiger partial charge in [0.05, 0.1) is 20.3 Å². The van der Waals surface area contributed by atoms with E-state index in [9.17, 15) is 4.79 Å². The van der Waals surface area contributed by atoms with Gasteiger partial charge in [0, 0.05) is 17.7 Å². The van der Waals surface area contributed by atoms with Crippen LogP contribution in [0.1, 0.15) is 40.4 Å². The summed E-state index contributed by atoms with van der Waals surface area (Å²) in [6.45, 7) is 2.77. The van der Waals surface area contributed by atoms with Crippen molar-refractivity contribution in [3.63, 3.8) is 0 Å². The fourth-order valence-corrected chi connectivity index (χ4v) is 3.38. The lowest BCUT2D eigenvalue weighted by atomic mass is 10.0. The van der Waals surface area contributed by atoms with Gasteiger partial charge in [-0.25, -0.2) is 0 Å². The van der Waals surface area contributed by atoms with Gasteiger partial charge >= 0.3 is 0 Å². The smallest absolute Gasteiger partial charge is 0.254 e. The standard InChI is InChI=1S/C20H23NO3/c1-14-6-4-7-15(12-14)20(22)21-11-5-8-18(21)17-13-16(23-2)9-10-19(17)24-3/h4,6-7,9-10,12-13,18H,5,8,11H2,1-3H3/t18-/m0/s1. The van der Waals surface area contributed by atoms with E-state index >= 15 is 0 Å². The lowest BCUT2D eigenvalue weighted by molar-refractivity contribution is 0.0734. The van der Waals surface area contributed by atoms with Crippen LogP contribution in [0, 0.1) is 6.92 Å². The molecule has 1 fully saturated rings. The molecule has 0 bridgehead atoms. The van der Waals surface area contributed by atoms with Crippen molar-refractivity contribution >= 4 is 5.91 Å². The Kier molecular flexibility index (Phi) is 4.74. The van der Waals surface area contributed by atoms with Crippen molar-refractivity contribution in [2.24, 2.45) is 0 Å². The molecule has 0 N–H and O–H groups in total. The van der Waals surface area contributed by atoms with Crippen LogP contribution >= 0.6 is 0 Å². The molecule has 0 unspecified atom stereocenters. The van der Waals surface area contributed by atoms with E-state index in [0.717, 1.165) is 47.6 Å². The van der Waals surface area contributed by atoms with Gasteiger partial charge < -0.3 is 14.4 Å². The fraction of sp³-hybridized carbons (Fsp3) is 0.350. The SMILES string of the molecule is COc1ccc(OC)c([C@@H]2CCCN2C(=O)c2cccc(C)c2)c1. The van der Waals surface area contributed by atoms with Crippen LogP contribution in [0.15, 0.2) is 42.5 Å². The number of ether oxygens (including phenoxy) is 2. The van der Waals surface area contributed by atoms with E-state index < -0.39 is 0 Å². The third-order valence-corrected chi connectivity index (χ3v) is 4.57. The summed E-state index contributed by atoms with van der Waals surface area (Å²) in [5.41, 5.74) is 2.84. The zero-order valence-electron chi connectivity index (χ0n) is 14.4. The Balaban J connectivity index is 1.95. The number of hydrogen-bond acceptors (Lipinski definition) is 3. The number of benzene rings is 2. The lowest BCUT2D eigenvalue weighted by Gasteiger charge is -2.27. The minimum absolute atomic E-state index is 0.0167. The van der Waals surface area contributed by atoms with Gasteiger partial charge in [0.15, 0.2) is 0 Å². The number of carbonyl (C=O) groups excluding carboxylic acids is 1. The second-order valence-corrected chi connectivity index (χ2v) is 6.13. The Bertz CT molecular complexity index is 741. The number of rotatable bonds is 4. The number of aryl methyl sites for hydroxylation is 1. The van der Waals surface area contributed by atoms with Gasteiger partial charge in [0.2, 0.25) is 0 Å². The zero-order chi connectivity index (χ0) is 17.1. The molecule has 2 aromatic rings. The average Bonchev–Trinajstić information content (AvgIpc) is 3.10. The van der Waals surface area contributed by atoms with E-state index in [0.29, 0.717) is 0 Å². The largest absolute Gasteiger partial charge is 0.497 e. The summed E-state index contributed by atoms with van der Waals surface area (Å²) in [5, 5.41) is 0. The van der Waals surface area contributed by atoms with Crippen LogP contribution in [0.2, 0.25) is 0 Å². The Morgan fingerprint density at radius 2 is 1.96 bits per heavy atom. The van der Waals surface area contributed by atoms with Crippen LogP contribution in [0.4, 0.5) is 0 Å². The summed E-state index contributed by atoms with van der Waals surface area (Å²) in [6, 6.07) is 13.5. The van der Waals surface area contributed by atoms with Crippen LogP contribution < -0.4 is 9.47 Å². The van der Waals surface area contributed by atoms with Crippen molar-refractivity contribution in [2.45, 2.75) is 25.8 Å². The van der Waals surface area contributed by atoms with E-state index in [2.05, 4.69) is 0 Å². The van der Waals surface area contributed by atoms with Crippen molar-refractivity contribution in [3.05, 3.63) is 59.2 Å². The van der Waals surface area contributed by atoms with E-state index in [1.165, 1.54) is 0 Å². The maximum absolute atomic E-state index is 13.0. The number of likely N-dealkylation sites (tertiary alicyclic amines) is 1. The lowest BCUT2D eigenvalue weighted by Crippen LogP contribution is -2.30. The monoisotopic (exact) mass is 325 g/mol. The Morgan fingerprint density at radius 3 is 2.67 bits per heavy atom. The number of carbonyl (C=O) groups is 1. The minimum Gasteiger partial charge on any atom is -0.497 e. The molecule has 24 heavy (non-hydrogen) atoms. The predicted molar refractivity (Wildman–Crippen MR) is 93.7 cm³/mol. The Labute approximate surface area is 143 Å². The molecule has 0 spiro atoms. The first-order chi connectivity index (χ1) is 11.6. The number of methoxy groups -OCH3 is 2. The van der Waals surface area contributed by atoms with Crippen LogP contribution in [0.5, 0.6) is 11.5 Å². The van der Waals surface area contributed by atoms with Crippen molar-refractivity contribution in [3.8, 4) is 11.5 Å². The highest BCUT2D eigenvalue weighted by atomic mass is 16.5. The first-order valence-corrected chi connectivity index (χ1v) is 8.23. The number of amides is 1. The molecule has 3 rings (SSSR count). The van der Waals surface area contributed by atoms with Gasteiger partial charge in [-0.1, -0.05) is 17.7 Å². The molecule has 1 aliphatic rings. The quantitative estimate of drug-likeness (QED) is 0.853. The van der Waals surface area contributed by atoms with Gasteiger partial charge in [0.1, 0.15) is 11.5 Å². The maximum Gasteiger partial charge on any atom is 0.254 e. The van der Waals surface area contributed by atoms with Crippen LogP contribution in [0.3, 0.4) is 0 Å². The molecule has 4 nitrogen and oxygen atoms in total. The van der Waals surface area contributed by atoms with Crippen molar-refractivity contribution < 1.29 is 14.3 Å². The van der Waals surface area contributed by atoms with E-state index in [4.69, 9.17) is 9.47 Å². The average molecular weight is 325 g/mol. The van der Waals surface area contributed by atoms with Crippen molar-refractivity contribution in [2.75, 3.05) is 20.8 Å². The highest BCUT2D eigenvalue weighted by molar-refractivity contribution is 5.95. The molecule has 1 atom stereocenters. The summed E-state index contributed by atoms with van der Waals surface area (Å²) in [4.78, 5) is 14.9.